The number of amides is 1. The highest BCUT2D eigenvalue weighted by atomic mass is 19.1. The molecule has 0 unspecified atom stereocenters. The maximum Gasteiger partial charge on any atom is 0.247 e. The van der Waals surface area contributed by atoms with Gasteiger partial charge in [-0.3, -0.25) is 9.59 Å². The van der Waals surface area contributed by atoms with Crippen LogP contribution in [-0.2, 0) is 4.79 Å². The van der Waals surface area contributed by atoms with Crippen molar-refractivity contribution >= 4 is 11.9 Å². The number of pyridine rings is 1. The summed E-state index contributed by atoms with van der Waals surface area (Å²) in [7, 11) is 0. The van der Waals surface area contributed by atoms with Crippen LogP contribution in [0.5, 0.6) is 0 Å². The Morgan fingerprint density at radius 1 is 1.17 bits per heavy atom. The fourth-order valence-electron chi connectivity index (χ4n) is 3.60. The van der Waals surface area contributed by atoms with Crippen LogP contribution >= 0.6 is 0 Å². The number of anilines is 1. The second-order valence-electron chi connectivity index (χ2n) is 7.34. The lowest BCUT2D eigenvalue weighted by molar-refractivity contribution is -0.129. The molecule has 4 rings (SSSR count). The molecule has 0 atom stereocenters. The summed E-state index contributed by atoms with van der Waals surface area (Å²) in [5, 5.41) is 3.26. The van der Waals surface area contributed by atoms with Crippen LogP contribution in [0.4, 0.5) is 10.3 Å². The third kappa shape index (κ3) is 4.37. The van der Waals surface area contributed by atoms with E-state index in [4.69, 9.17) is 0 Å². The van der Waals surface area contributed by atoms with Gasteiger partial charge in [0.05, 0.1) is 6.20 Å². The first-order valence-electron chi connectivity index (χ1n) is 9.84. The van der Waals surface area contributed by atoms with E-state index >= 15 is 0 Å². The predicted molar refractivity (Wildman–Crippen MR) is 112 cm³/mol. The molecule has 1 aromatic carbocycles. The Kier molecular flexibility index (Phi) is 5.56. The predicted octanol–water partition coefficient (Wildman–Crippen LogP) is 3.06. The van der Waals surface area contributed by atoms with Crippen molar-refractivity contribution in [3.8, 4) is 22.4 Å². The molecule has 30 heavy (non-hydrogen) atoms. The summed E-state index contributed by atoms with van der Waals surface area (Å²) < 4.78 is 14.5. The summed E-state index contributed by atoms with van der Waals surface area (Å²) in [6, 6.07) is 10.6. The third-order valence-corrected chi connectivity index (χ3v) is 5.27. The number of aromatic nitrogens is 3. The fourth-order valence-corrected chi connectivity index (χ4v) is 3.60. The van der Waals surface area contributed by atoms with E-state index in [0.29, 0.717) is 24.6 Å². The Hall–Kier alpha value is -3.55. The van der Waals surface area contributed by atoms with Crippen molar-refractivity contribution in [2.75, 3.05) is 18.4 Å². The number of halogens is 1. The van der Waals surface area contributed by atoms with Crippen LogP contribution in [0.3, 0.4) is 0 Å². The molecule has 1 aliphatic heterocycles. The molecular formula is C22H22FN5O2. The third-order valence-electron chi connectivity index (χ3n) is 5.27. The summed E-state index contributed by atoms with van der Waals surface area (Å²) in [5.41, 5.74) is 2.31. The maximum atomic E-state index is 14.5. The summed E-state index contributed by atoms with van der Waals surface area (Å²) in [5.74, 6) is -0.0659. The highest BCUT2D eigenvalue weighted by Gasteiger charge is 2.21. The number of hydrogen-bond acceptors (Lipinski definition) is 5. The van der Waals surface area contributed by atoms with Gasteiger partial charge in [0, 0.05) is 43.9 Å². The van der Waals surface area contributed by atoms with E-state index < -0.39 is 5.82 Å². The van der Waals surface area contributed by atoms with Crippen molar-refractivity contribution in [1.82, 2.24) is 19.9 Å². The van der Waals surface area contributed by atoms with Gasteiger partial charge in [0.25, 0.3) is 0 Å². The van der Waals surface area contributed by atoms with E-state index in [1.54, 1.807) is 25.3 Å². The van der Waals surface area contributed by atoms with Crippen molar-refractivity contribution in [1.29, 1.82) is 0 Å². The topological polar surface area (TPSA) is 91.0 Å². The molecule has 3 heterocycles. The zero-order chi connectivity index (χ0) is 21.1. The zero-order valence-electron chi connectivity index (χ0n) is 16.6. The van der Waals surface area contributed by atoms with Gasteiger partial charge in [0.2, 0.25) is 17.4 Å². The number of rotatable bonds is 4. The molecular weight excluding hydrogens is 385 g/mol. The molecule has 0 aliphatic carbocycles. The molecule has 1 fully saturated rings. The van der Waals surface area contributed by atoms with Crippen LogP contribution in [0.25, 0.3) is 22.4 Å². The lowest BCUT2D eigenvalue weighted by Gasteiger charge is -2.31. The van der Waals surface area contributed by atoms with Crippen LogP contribution in [0.1, 0.15) is 19.8 Å². The highest BCUT2D eigenvalue weighted by molar-refractivity contribution is 5.73. The number of piperidine rings is 1. The summed E-state index contributed by atoms with van der Waals surface area (Å²) >= 11 is 0. The normalized spacial score (nSPS) is 14.5. The second kappa shape index (κ2) is 8.44. The summed E-state index contributed by atoms with van der Waals surface area (Å²) in [6.45, 7) is 2.94. The first-order valence-corrected chi connectivity index (χ1v) is 9.84. The van der Waals surface area contributed by atoms with Gasteiger partial charge in [-0.2, -0.15) is 0 Å². The zero-order valence-corrected chi connectivity index (χ0v) is 16.6. The standard InChI is InChI=1S/C22H22FN5O2/c1-14(29)28-9-7-18(8-10-28)26-22-25-13-19(23)21(27-22)16-4-2-3-15(11-16)17-5-6-20(30)24-12-17/h2-6,11-13,18H,7-10H2,1H3,(H,24,30)(H,25,26,27). The van der Waals surface area contributed by atoms with Crippen molar-refractivity contribution in [3.05, 3.63) is 65.0 Å². The van der Waals surface area contributed by atoms with E-state index in [9.17, 15) is 14.0 Å². The van der Waals surface area contributed by atoms with Crippen LogP contribution in [0.2, 0.25) is 0 Å². The molecule has 0 spiro atoms. The number of aromatic amines is 1. The molecule has 0 saturated carbocycles. The lowest BCUT2D eigenvalue weighted by atomic mass is 10.0. The highest BCUT2D eigenvalue weighted by Crippen LogP contribution is 2.27. The van der Waals surface area contributed by atoms with Crippen molar-refractivity contribution in [2.24, 2.45) is 0 Å². The minimum atomic E-state index is -0.509. The van der Waals surface area contributed by atoms with E-state index in [2.05, 4.69) is 20.3 Å². The van der Waals surface area contributed by atoms with Crippen LogP contribution in [-0.4, -0.2) is 44.9 Å². The van der Waals surface area contributed by atoms with Gasteiger partial charge in [-0.1, -0.05) is 18.2 Å². The fraction of sp³-hybridized carbons (Fsp3) is 0.273. The van der Waals surface area contributed by atoms with Gasteiger partial charge in [-0.25, -0.2) is 14.4 Å². The van der Waals surface area contributed by atoms with Crippen molar-refractivity contribution in [3.63, 3.8) is 0 Å². The monoisotopic (exact) mass is 407 g/mol. The molecule has 2 N–H and O–H groups in total. The van der Waals surface area contributed by atoms with Gasteiger partial charge < -0.3 is 15.2 Å². The molecule has 154 valence electrons. The Morgan fingerprint density at radius 2 is 1.93 bits per heavy atom. The maximum absolute atomic E-state index is 14.5. The number of nitrogens with zero attached hydrogens (tertiary/aromatic N) is 3. The van der Waals surface area contributed by atoms with E-state index in [1.165, 1.54) is 12.3 Å². The van der Waals surface area contributed by atoms with Crippen LogP contribution in [0, 0.1) is 5.82 Å². The van der Waals surface area contributed by atoms with Crippen molar-refractivity contribution < 1.29 is 9.18 Å². The first kappa shape index (κ1) is 19.8. The average molecular weight is 407 g/mol. The molecule has 8 heteroatoms. The first-order chi connectivity index (χ1) is 14.5. The molecule has 1 saturated heterocycles. The Labute approximate surface area is 173 Å². The SMILES string of the molecule is CC(=O)N1CCC(Nc2ncc(F)c(-c3cccc(-c4ccc(=O)[nH]c4)c3)n2)CC1. The van der Waals surface area contributed by atoms with Gasteiger partial charge in [-0.15, -0.1) is 0 Å². The molecule has 0 radical (unpaired) electrons. The van der Waals surface area contributed by atoms with E-state index in [-0.39, 0.29) is 23.2 Å². The Balaban J connectivity index is 1.55. The van der Waals surface area contributed by atoms with Gasteiger partial charge in [-0.05, 0) is 36.1 Å². The van der Waals surface area contributed by atoms with Gasteiger partial charge in [0.15, 0.2) is 5.82 Å². The lowest BCUT2D eigenvalue weighted by Crippen LogP contribution is -2.41. The molecule has 0 bridgehead atoms. The van der Waals surface area contributed by atoms with Gasteiger partial charge in [0.1, 0.15) is 5.69 Å². The average Bonchev–Trinajstić information content (AvgIpc) is 2.76. The molecule has 3 aromatic rings. The van der Waals surface area contributed by atoms with Crippen LogP contribution in [0.15, 0.2) is 53.6 Å². The number of likely N-dealkylation sites (tertiary alicyclic amines) is 1. The summed E-state index contributed by atoms with van der Waals surface area (Å²) in [4.78, 5) is 35.7. The minimum absolute atomic E-state index is 0.0798. The molecule has 2 aromatic heterocycles. The molecule has 1 amide bonds. The minimum Gasteiger partial charge on any atom is -0.351 e. The van der Waals surface area contributed by atoms with E-state index in [1.807, 2.05) is 23.1 Å². The Bertz CT molecular complexity index is 1100. The molecule has 7 nitrogen and oxygen atoms in total. The molecule has 1 aliphatic rings. The van der Waals surface area contributed by atoms with Gasteiger partial charge >= 0.3 is 0 Å². The Morgan fingerprint density at radius 3 is 2.63 bits per heavy atom. The quantitative estimate of drug-likeness (QED) is 0.694. The van der Waals surface area contributed by atoms with E-state index in [0.717, 1.165) is 24.0 Å². The summed E-state index contributed by atoms with van der Waals surface area (Å²) in [6.07, 6.45) is 4.37. The number of carbonyl (C=O) groups is 1. The number of carbonyl (C=O) groups excluding carboxylic acids is 1. The van der Waals surface area contributed by atoms with Crippen LogP contribution < -0.4 is 10.9 Å². The number of hydrogen-bond donors (Lipinski definition) is 2. The largest absolute Gasteiger partial charge is 0.351 e. The number of H-pyrrole nitrogens is 1. The number of benzene rings is 1. The number of nitrogens with one attached hydrogen (secondary N) is 2. The second-order valence-corrected chi connectivity index (χ2v) is 7.34. The smallest absolute Gasteiger partial charge is 0.247 e. The van der Waals surface area contributed by atoms with Crippen molar-refractivity contribution in [2.45, 2.75) is 25.8 Å².